The van der Waals surface area contributed by atoms with Crippen LogP contribution in [0.4, 0.5) is 0 Å². The Kier molecular flexibility index (Phi) is 3.25. The lowest BCUT2D eigenvalue weighted by atomic mass is 10.2. The number of carboxylic acid groups (broad SMARTS) is 1. The van der Waals surface area contributed by atoms with Crippen LogP contribution >= 0.6 is 22.9 Å². The fraction of sp³-hybridized carbons (Fsp3) is 0. The van der Waals surface area contributed by atoms with Crippen molar-refractivity contribution in [1.29, 1.82) is 0 Å². The van der Waals surface area contributed by atoms with E-state index in [1.54, 1.807) is 0 Å². The number of ether oxygens (including phenoxy) is 1. The van der Waals surface area contributed by atoms with Gasteiger partial charge in [-0.05, 0) is 29.6 Å². The van der Waals surface area contributed by atoms with E-state index in [1.165, 1.54) is 35.9 Å². The van der Waals surface area contributed by atoms with Gasteiger partial charge in [-0.25, -0.2) is 14.8 Å². The summed E-state index contributed by atoms with van der Waals surface area (Å²) in [4.78, 5) is 19.0. The average molecular weight is 307 g/mol. The molecule has 0 saturated carbocycles. The number of halogens is 1. The molecule has 0 radical (unpaired) electrons. The van der Waals surface area contributed by atoms with E-state index >= 15 is 0 Å². The van der Waals surface area contributed by atoms with Crippen molar-refractivity contribution in [2.75, 3.05) is 0 Å². The lowest BCUT2D eigenvalue weighted by Crippen LogP contribution is -1.96. The molecule has 1 aromatic carbocycles. The average Bonchev–Trinajstić information content (AvgIpc) is 2.90. The Balaban J connectivity index is 1.99. The van der Waals surface area contributed by atoms with E-state index in [0.29, 0.717) is 11.6 Å². The number of carbonyl (C=O) groups is 1. The van der Waals surface area contributed by atoms with Gasteiger partial charge in [0.1, 0.15) is 16.8 Å². The minimum atomic E-state index is -1.04. The second-order valence-electron chi connectivity index (χ2n) is 3.87. The van der Waals surface area contributed by atoms with E-state index < -0.39 is 5.97 Å². The van der Waals surface area contributed by atoms with Crippen LogP contribution in [-0.4, -0.2) is 21.0 Å². The molecule has 0 unspecified atom stereocenters. The Hall–Kier alpha value is -2.18. The zero-order valence-corrected chi connectivity index (χ0v) is 11.5. The second kappa shape index (κ2) is 5.07. The minimum Gasteiger partial charge on any atom is -0.478 e. The molecule has 0 aliphatic rings. The zero-order chi connectivity index (χ0) is 14.1. The summed E-state index contributed by atoms with van der Waals surface area (Å²) in [6, 6.07) is 6.14. The van der Waals surface area contributed by atoms with Gasteiger partial charge >= 0.3 is 5.97 Å². The van der Waals surface area contributed by atoms with Crippen LogP contribution in [0.25, 0.3) is 10.2 Å². The molecule has 7 heteroatoms. The van der Waals surface area contributed by atoms with Crippen LogP contribution in [0.5, 0.6) is 11.6 Å². The third-order valence-corrected chi connectivity index (χ3v) is 3.78. The first-order chi connectivity index (χ1) is 9.65. The van der Waals surface area contributed by atoms with Crippen molar-refractivity contribution < 1.29 is 14.6 Å². The third-order valence-electron chi connectivity index (χ3n) is 2.60. The molecule has 3 aromatic rings. The SMILES string of the molecule is O=C(O)c1ccc(Oc2ncnc3ccsc23)c(Cl)c1. The van der Waals surface area contributed by atoms with Crippen molar-refractivity contribution >= 4 is 39.1 Å². The molecule has 0 aliphatic carbocycles. The van der Waals surface area contributed by atoms with Crippen LogP contribution in [-0.2, 0) is 0 Å². The van der Waals surface area contributed by atoms with Crippen LogP contribution < -0.4 is 4.74 Å². The van der Waals surface area contributed by atoms with Gasteiger partial charge in [-0.15, -0.1) is 11.3 Å². The number of hydrogen-bond acceptors (Lipinski definition) is 5. The number of hydrogen-bond donors (Lipinski definition) is 1. The van der Waals surface area contributed by atoms with Crippen LogP contribution in [0, 0.1) is 0 Å². The zero-order valence-electron chi connectivity index (χ0n) is 9.91. The lowest BCUT2D eigenvalue weighted by molar-refractivity contribution is 0.0697. The highest BCUT2D eigenvalue weighted by atomic mass is 35.5. The summed E-state index contributed by atoms with van der Waals surface area (Å²) in [6.07, 6.45) is 1.41. The van der Waals surface area contributed by atoms with Gasteiger partial charge in [-0.1, -0.05) is 11.6 Å². The van der Waals surface area contributed by atoms with Gasteiger partial charge in [0.05, 0.1) is 16.1 Å². The van der Waals surface area contributed by atoms with Crippen molar-refractivity contribution in [3.63, 3.8) is 0 Å². The van der Waals surface area contributed by atoms with Gasteiger partial charge in [0.15, 0.2) is 0 Å². The van der Waals surface area contributed by atoms with Crippen LogP contribution in [0.2, 0.25) is 5.02 Å². The molecule has 0 spiro atoms. The number of fused-ring (bicyclic) bond motifs is 1. The van der Waals surface area contributed by atoms with Gasteiger partial charge in [-0.2, -0.15) is 0 Å². The summed E-state index contributed by atoms with van der Waals surface area (Å²) in [5.74, 6) is -0.291. The topological polar surface area (TPSA) is 72.3 Å². The molecule has 20 heavy (non-hydrogen) atoms. The van der Waals surface area contributed by atoms with Gasteiger partial charge in [0.25, 0.3) is 0 Å². The second-order valence-corrected chi connectivity index (χ2v) is 5.19. The highest BCUT2D eigenvalue weighted by molar-refractivity contribution is 7.17. The Bertz CT molecular complexity index is 803. The number of benzene rings is 1. The van der Waals surface area contributed by atoms with E-state index in [-0.39, 0.29) is 10.6 Å². The molecule has 0 saturated heterocycles. The van der Waals surface area contributed by atoms with Crippen molar-refractivity contribution in [3.05, 3.63) is 46.6 Å². The summed E-state index contributed by atoms with van der Waals surface area (Å²) >= 11 is 7.48. The predicted octanol–water partition coefficient (Wildman–Crippen LogP) is 3.84. The maximum atomic E-state index is 10.8. The van der Waals surface area contributed by atoms with E-state index in [0.717, 1.165) is 10.2 Å². The minimum absolute atomic E-state index is 0.103. The summed E-state index contributed by atoms with van der Waals surface area (Å²) in [5, 5.41) is 11.0. The van der Waals surface area contributed by atoms with E-state index in [1.807, 2.05) is 11.4 Å². The quantitative estimate of drug-likeness (QED) is 0.796. The monoisotopic (exact) mass is 306 g/mol. The molecular formula is C13H7ClN2O3S. The Morgan fingerprint density at radius 3 is 2.90 bits per heavy atom. The van der Waals surface area contributed by atoms with E-state index in [4.69, 9.17) is 21.4 Å². The van der Waals surface area contributed by atoms with Gasteiger partial charge in [0, 0.05) is 0 Å². The van der Waals surface area contributed by atoms with Crippen LogP contribution in [0.3, 0.4) is 0 Å². The van der Waals surface area contributed by atoms with Gasteiger partial charge < -0.3 is 9.84 Å². The smallest absolute Gasteiger partial charge is 0.335 e. The largest absolute Gasteiger partial charge is 0.478 e. The highest BCUT2D eigenvalue weighted by Crippen LogP contribution is 2.34. The summed E-state index contributed by atoms with van der Waals surface area (Å²) in [5.41, 5.74) is 0.893. The molecule has 100 valence electrons. The number of aromatic nitrogens is 2. The Morgan fingerprint density at radius 2 is 2.15 bits per heavy atom. The molecule has 3 rings (SSSR count). The standard InChI is InChI=1S/C13H7ClN2O3S/c14-8-5-7(13(17)18)1-2-10(8)19-12-11-9(3-4-20-11)15-6-16-12/h1-6H,(H,17,18). The summed E-state index contributed by atoms with van der Waals surface area (Å²) < 4.78 is 6.46. The predicted molar refractivity (Wildman–Crippen MR) is 75.9 cm³/mol. The van der Waals surface area contributed by atoms with Crippen molar-refractivity contribution in [2.24, 2.45) is 0 Å². The molecular weight excluding hydrogens is 300 g/mol. The van der Waals surface area contributed by atoms with Crippen molar-refractivity contribution in [1.82, 2.24) is 9.97 Å². The van der Waals surface area contributed by atoms with Crippen LogP contribution in [0.1, 0.15) is 10.4 Å². The first-order valence-electron chi connectivity index (χ1n) is 5.54. The van der Waals surface area contributed by atoms with E-state index in [9.17, 15) is 4.79 Å². The molecule has 2 heterocycles. The van der Waals surface area contributed by atoms with Gasteiger partial charge in [-0.3, -0.25) is 0 Å². The van der Waals surface area contributed by atoms with E-state index in [2.05, 4.69) is 9.97 Å². The number of carboxylic acids is 1. The summed E-state index contributed by atoms with van der Waals surface area (Å²) in [6.45, 7) is 0. The molecule has 0 atom stereocenters. The fourth-order valence-electron chi connectivity index (χ4n) is 1.66. The number of aromatic carboxylic acids is 1. The molecule has 0 aliphatic heterocycles. The Morgan fingerprint density at radius 1 is 1.30 bits per heavy atom. The molecule has 0 bridgehead atoms. The molecule has 5 nitrogen and oxygen atoms in total. The van der Waals surface area contributed by atoms with Crippen molar-refractivity contribution in [2.45, 2.75) is 0 Å². The summed E-state index contributed by atoms with van der Waals surface area (Å²) in [7, 11) is 0. The molecule has 1 N–H and O–H groups in total. The van der Waals surface area contributed by atoms with Crippen molar-refractivity contribution in [3.8, 4) is 11.6 Å². The first-order valence-corrected chi connectivity index (χ1v) is 6.80. The fourth-order valence-corrected chi connectivity index (χ4v) is 2.65. The number of thiophene rings is 1. The highest BCUT2D eigenvalue weighted by Gasteiger charge is 2.12. The maximum absolute atomic E-state index is 10.8. The Labute approximate surface area is 122 Å². The normalized spacial score (nSPS) is 10.7. The molecule has 2 aromatic heterocycles. The van der Waals surface area contributed by atoms with Gasteiger partial charge in [0.2, 0.25) is 5.88 Å². The molecule has 0 amide bonds. The first kappa shape index (κ1) is 12.8. The third kappa shape index (κ3) is 2.31. The maximum Gasteiger partial charge on any atom is 0.335 e. The number of rotatable bonds is 3. The lowest BCUT2D eigenvalue weighted by Gasteiger charge is -2.07. The van der Waals surface area contributed by atoms with Crippen LogP contribution in [0.15, 0.2) is 36.0 Å². The number of nitrogens with zero attached hydrogens (tertiary/aromatic N) is 2. The molecule has 0 fully saturated rings.